The lowest BCUT2D eigenvalue weighted by atomic mass is 9.81. The Labute approximate surface area is 458 Å². The third-order valence-electron chi connectivity index (χ3n) is 14.9. The van der Waals surface area contributed by atoms with E-state index in [9.17, 15) is 53.1 Å². The molecule has 0 fully saturated rings. The van der Waals surface area contributed by atoms with Crippen molar-refractivity contribution in [2.45, 2.75) is 116 Å². The number of halogens is 1. The molecule has 0 radical (unpaired) electrons. The van der Waals surface area contributed by atoms with Crippen LogP contribution in [-0.4, -0.2) is 128 Å². The zero-order valence-corrected chi connectivity index (χ0v) is 45.1. The number of amides is 8. The smallest absolute Gasteiger partial charge is 0.343 e. The second-order valence-corrected chi connectivity index (χ2v) is 21.0. The summed E-state index contributed by atoms with van der Waals surface area (Å²) in [5.74, 6) is -4.22. The molecule has 79 heavy (non-hydrogen) atoms. The van der Waals surface area contributed by atoms with E-state index in [1.54, 1.807) is 54.8 Å². The summed E-state index contributed by atoms with van der Waals surface area (Å²) in [7, 11) is 0. The van der Waals surface area contributed by atoms with E-state index in [1.165, 1.54) is 30.0 Å². The summed E-state index contributed by atoms with van der Waals surface area (Å²) in [6.07, 6.45) is 5.84. The van der Waals surface area contributed by atoms with E-state index in [0.29, 0.717) is 73.3 Å². The Balaban J connectivity index is 0.793. The first-order valence-corrected chi connectivity index (χ1v) is 27.7. The molecule has 8 rings (SSSR count). The predicted octanol–water partition coefficient (Wildman–Crippen LogP) is 2.51. The van der Waals surface area contributed by atoms with Crippen molar-refractivity contribution in [1.82, 2.24) is 45.9 Å². The van der Waals surface area contributed by atoms with Gasteiger partial charge in [-0.1, -0.05) is 43.7 Å². The minimum absolute atomic E-state index is 0.0243. The number of fused-ring (bicyclic) bond motifs is 5. The van der Waals surface area contributed by atoms with Gasteiger partial charge in [0.1, 0.15) is 18.5 Å². The maximum Gasteiger partial charge on any atom is 0.343 e. The molecule has 0 bridgehead atoms. The molecule has 418 valence electrons. The van der Waals surface area contributed by atoms with Crippen LogP contribution in [0.1, 0.15) is 110 Å². The Morgan fingerprint density at radius 1 is 0.861 bits per heavy atom. The lowest BCUT2D eigenvalue weighted by Gasteiger charge is -2.37. The average Bonchev–Trinajstić information content (AvgIpc) is 3.63. The first-order valence-electron chi connectivity index (χ1n) is 26.6. The lowest BCUT2D eigenvalue weighted by Crippen LogP contribution is -2.52. The van der Waals surface area contributed by atoms with Crippen LogP contribution in [0.3, 0.4) is 0 Å². The number of thioether (sulfide) groups is 1. The minimum atomic E-state index is -2.03. The Hall–Kier alpha value is -7.79. The molecule has 21 nitrogen and oxygen atoms in total. The van der Waals surface area contributed by atoms with E-state index in [1.807, 2.05) is 11.8 Å². The van der Waals surface area contributed by atoms with E-state index in [2.05, 4.69) is 26.6 Å². The van der Waals surface area contributed by atoms with Gasteiger partial charge in [0.25, 0.3) is 17.4 Å². The van der Waals surface area contributed by atoms with Crippen molar-refractivity contribution in [2.24, 2.45) is 0 Å². The largest absolute Gasteiger partial charge is 0.458 e. The second-order valence-electron chi connectivity index (χ2n) is 19.9. The highest BCUT2D eigenvalue weighted by Gasteiger charge is 2.46. The molecule has 3 atom stereocenters. The Kier molecular flexibility index (Phi) is 18.4. The van der Waals surface area contributed by atoms with Gasteiger partial charge in [-0.3, -0.25) is 48.1 Å². The van der Waals surface area contributed by atoms with Crippen LogP contribution in [0.15, 0.2) is 59.4 Å². The number of imide groups is 1. The van der Waals surface area contributed by atoms with E-state index in [0.717, 1.165) is 32.5 Å². The fraction of sp³-hybridized carbons (Fsp3) is 0.446. The maximum absolute atomic E-state index is 15.5. The molecular weight excluding hydrogens is 1040 g/mol. The molecule has 6 N–H and O–H groups in total. The van der Waals surface area contributed by atoms with Crippen molar-refractivity contribution in [3.8, 4) is 11.4 Å². The number of carbonyl (C=O) groups excluding carboxylic acids is 9. The van der Waals surface area contributed by atoms with Gasteiger partial charge < -0.3 is 45.9 Å². The highest BCUT2D eigenvalue weighted by molar-refractivity contribution is 7.99. The van der Waals surface area contributed by atoms with Gasteiger partial charge in [0.15, 0.2) is 5.60 Å². The van der Waals surface area contributed by atoms with E-state index >= 15 is 4.39 Å². The normalized spacial score (nSPS) is 17.1. The second kappa shape index (κ2) is 25.3. The first kappa shape index (κ1) is 57.4. The fourth-order valence-corrected chi connectivity index (χ4v) is 11.4. The van der Waals surface area contributed by atoms with E-state index in [4.69, 9.17) is 9.72 Å². The molecule has 0 unspecified atom stereocenters. The number of aliphatic hydroxyl groups is 1. The van der Waals surface area contributed by atoms with Crippen LogP contribution >= 0.6 is 11.8 Å². The quantitative estimate of drug-likeness (QED) is 0.0212. The van der Waals surface area contributed by atoms with Gasteiger partial charge in [0.05, 0.1) is 60.6 Å². The molecule has 0 spiro atoms. The van der Waals surface area contributed by atoms with Crippen molar-refractivity contribution >= 4 is 75.9 Å². The van der Waals surface area contributed by atoms with Gasteiger partial charge in [-0.15, -0.1) is 11.8 Å². The van der Waals surface area contributed by atoms with Crippen molar-refractivity contribution in [3.05, 3.63) is 110 Å². The summed E-state index contributed by atoms with van der Waals surface area (Å²) in [5, 5.41) is 25.0. The molecule has 5 heterocycles. The van der Waals surface area contributed by atoms with Crippen LogP contribution in [0.5, 0.6) is 0 Å². The van der Waals surface area contributed by atoms with Gasteiger partial charge in [-0.25, -0.2) is 14.2 Å². The highest BCUT2D eigenvalue weighted by atomic mass is 32.2. The number of unbranched alkanes of at least 4 members (excludes halogenated alkanes) is 2. The molecule has 1 aliphatic carbocycles. The third-order valence-corrected chi connectivity index (χ3v) is 15.8. The Morgan fingerprint density at radius 2 is 1.57 bits per heavy atom. The monoisotopic (exact) mass is 1110 g/mol. The number of pyridine rings is 2. The standard InChI is InChI=1S/C56H64FN9O12S/c1-4-56(77)37-24-42-52-35(29-66(42)54(75)36(37)30-78-55(56)76)51-41(18-17-34-32(3)38(57)25-39(63-52)50(34)51)64(5-2)47(71)16-12-22-79-31-61-45(69)27-60-53(74)40(23-33-13-8-6-9-14-33)62-46(70)28-59-44(68)26-58-43(67)15-10-7-11-21-65-48(72)19-20-49(65)73/h6,8-9,13-14,19-20,24-25,40-41,77H,4-5,7,10-12,15-18,21-23,26-31H2,1-3H3,(H,58,67)(H,59,68)(H,60,74)(H,61,69)(H,62,70)/t40-,41-,56-/m0/s1. The molecule has 8 amide bonds. The molecule has 23 heteroatoms. The molecule has 0 saturated heterocycles. The molecule has 2 aromatic carbocycles. The van der Waals surface area contributed by atoms with Crippen molar-refractivity contribution in [3.63, 3.8) is 0 Å². The summed E-state index contributed by atoms with van der Waals surface area (Å²) in [5.41, 5.74) is 2.63. The van der Waals surface area contributed by atoms with Crippen LogP contribution in [0.25, 0.3) is 22.3 Å². The maximum atomic E-state index is 15.5. The van der Waals surface area contributed by atoms with Crippen LogP contribution in [0, 0.1) is 12.7 Å². The summed E-state index contributed by atoms with van der Waals surface area (Å²) >= 11 is 1.39. The van der Waals surface area contributed by atoms with Crippen molar-refractivity contribution < 1.29 is 57.4 Å². The number of hydrogen-bond donors (Lipinski definition) is 6. The van der Waals surface area contributed by atoms with Crippen LogP contribution < -0.4 is 32.1 Å². The summed E-state index contributed by atoms with van der Waals surface area (Å²) < 4.78 is 22.3. The molecule has 4 aromatic rings. The SMILES string of the molecule is CCN(C(=O)CCCSCNC(=O)CNC(=O)[C@H](Cc1ccccc1)NC(=O)CNC(=O)CNC(=O)CCCCCN1C(=O)C=CC1=O)[C@H]1CCc2c(C)c(F)cc3nc4c(c1c23)Cn1c-4cc2c(c1=O)COC(=O)[C@]2(O)CC. The number of esters is 1. The zero-order chi connectivity index (χ0) is 56.5. The van der Waals surface area contributed by atoms with Gasteiger partial charge in [0, 0.05) is 67.1 Å². The summed E-state index contributed by atoms with van der Waals surface area (Å²) in [6.45, 7) is 4.43. The number of cyclic esters (lactones) is 1. The zero-order valence-electron chi connectivity index (χ0n) is 44.3. The lowest BCUT2D eigenvalue weighted by molar-refractivity contribution is -0.172. The number of benzene rings is 2. The number of ether oxygens (including phenoxy) is 1. The number of rotatable bonds is 25. The first-order chi connectivity index (χ1) is 37.9. The number of aromatic nitrogens is 2. The predicted molar refractivity (Wildman–Crippen MR) is 288 cm³/mol. The topological polar surface area (TPSA) is 285 Å². The van der Waals surface area contributed by atoms with Crippen LogP contribution in [-0.2, 0) is 79.5 Å². The van der Waals surface area contributed by atoms with Gasteiger partial charge in [-0.2, -0.15) is 0 Å². The minimum Gasteiger partial charge on any atom is -0.458 e. The highest BCUT2D eigenvalue weighted by Crippen LogP contribution is 2.47. The molecule has 3 aliphatic heterocycles. The molecule has 4 aliphatic rings. The number of carbonyl (C=O) groups is 9. The van der Waals surface area contributed by atoms with E-state index in [-0.39, 0.29) is 92.6 Å². The third kappa shape index (κ3) is 12.7. The number of aryl methyl sites for hydroxylation is 1. The Bertz CT molecular complexity index is 3190. The molecule has 0 saturated carbocycles. The van der Waals surface area contributed by atoms with E-state index < -0.39 is 71.7 Å². The number of nitrogens with one attached hydrogen (secondary N) is 5. The molecular formula is C56H64FN9O12S. The van der Waals surface area contributed by atoms with Crippen molar-refractivity contribution in [2.75, 3.05) is 44.4 Å². The fourth-order valence-electron chi connectivity index (χ4n) is 10.6. The van der Waals surface area contributed by atoms with Gasteiger partial charge in [0.2, 0.25) is 35.4 Å². The number of hydrogen-bond acceptors (Lipinski definition) is 14. The number of nitrogens with zero attached hydrogens (tertiary/aromatic N) is 4. The van der Waals surface area contributed by atoms with Crippen molar-refractivity contribution in [1.29, 1.82) is 0 Å². The molecule has 2 aromatic heterocycles. The van der Waals surface area contributed by atoms with Gasteiger partial charge >= 0.3 is 5.97 Å². The van der Waals surface area contributed by atoms with Gasteiger partial charge in [-0.05, 0) is 86.4 Å². The van der Waals surface area contributed by atoms with Crippen LogP contribution in [0.4, 0.5) is 4.39 Å². The average molecular weight is 1110 g/mol. The van der Waals surface area contributed by atoms with Crippen LogP contribution in [0.2, 0.25) is 0 Å². The Morgan fingerprint density at radius 3 is 2.30 bits per heavy atom. The summed E-state index contributed by atoms with van der Waals surface area (Å²) in [4.78, 5) is 136. The summed E-state index contributed by atoms with van der Waals surface area (Å²) in [6, 6.07) is 10.4.